The van der Waals surface area contributed by atoms with Crippen LogP contribution in [0.5, 0.6) is 5.75 Å². The number of carboxylic acids is 1. The Bertz CT molecular complexity index is 600. The summed E-state index contributed by atoms with van der Waals surface area (Å²) < 4.78 is 6.86. The van der Waals surface area contributed by atoms with Gasteiger partial charge in [-0.15, -0.1) is 0 Å². The lowest BCUT2D eigenvalue weighted by Gasteiger charge is -2.10. The first-order valence-corrected chi connectivity index (χ1v) is 6.45. The van der Waals surface area contributed by atoms with Crippen molar-refractivity contribution in [3.05, 3.63) is 47.3 Å². The molecule has 0 saturated heterocycles. The summed E-state index contributed by atoms with van der Waals surface area (Å²) in [6, 6.07) is 9.30. The van der Waals surface area contributed by atoms with E-state index in [2.05, 4.69) is 5.10 Å². The van der Waals surface area contributed by atoms with Crippen molar-refractivity contribution in [3.63, 3.8) is 0 Å². The zero-order chi connectivity index (χ0) is 14.7. The fourth-order valence-electron chi connectivity index (χ4n) is 2.03. The van der Waals surface area contributed by atoms with Crippen LogP contribution in [-0.4, -0.2) is 28.0 Å². The molecule has 0 aliphatic carbocycles. The van der Waals surface area contributed by atoms with Gasteiger partial charge in [-0.3, -0.25) is 4.68 Å². The van der Waals surface area contributed by atoms with E-state index in [1.807, 2.05) is 38.1 Å². The third kappa shape index (κ3) is 2.99. The average Bonchev–Trinajstić information content (AvgIpc) is 2.84. The van der Waals surface area contributed by atoms with E-state index in [0.717, 1.165) is 17.0 Å². The summed E-state index contributed by atoms with van der Waals surface area (Å²) in [7, 11) is 1.62. The summed E-state index contributed by atoms with van der Waals surface area (Å²) in [6.07, 6.45) is 0. The number of benzene rings is 1. The summed E-state index contributed by atoms with van der Waals surface area (Å²) >= 11 is 0. The van der Waals surface area contributed by atoms with Crippen LogP contribution < -0.4 is 4.74 Å². The van der Waals surface area contributed by atoms with Crippen molar-refractivity contribution in [2.24, 2.45) is 0 Å². The van der Waals surface area contributed by atoms with E-state index in [-0.39, 0.29) is 11.6 Å². The van der Waals surface area contributed by atoms with Crippen LogP contribution in [0.4, 0.5) is 0 Å². The molecule has 2 rings (SSSR count). The number of hydrogen-bond donors (Lipinski definition) is 1. The second-order valence-electron chi connectivity index (χ2n) is 4.92. The Morgan fingerprint density at radius 3 is 2.50 bits per heavy atom. The normalized spacial score (nSPS) is 10.8. The number of methoxy groups -OCH3 is 1. The standard InChI is InChI=1S/C15H18N2O3/c1-10(2)14-8-13(15(18)19)16-17(14)9-11-4-6-12(20-3)7-5-11/h4-8,10H,9H2,1-3H3,(H,18,19). The summed E-state index contributed by atoms with van der Waals surface area (Å²) in [5, 5.41) is 13.2. The smallest absolute Gasteiger partial charge is 0.356 e. The number of ether oxygens (including phenoxy) is 1. The Morgan fingerprint density at radius 2 is 2.00 bits per heavy atom. The maximum absolute atomic E-state index is 11.0. The number of aromatic nitrogens is 2. The molecule has 0 atom stereocenters. The molecule has 1 heterocycles. The minimum atomic E-state index is -1.000. The van der Waals surface area contributed by atoms with Crippen LogP contribution in [-0.2, 0) is 6.54 Å². The SMILES string of the molecule is COc1ccc(Cn2nc(C(=O)O)cc2C(C)C)cc1. The van der Waals surface area contributed by atoms with E-state index >= 15 is 0 Å². The van der Waals surface area contributed by atoms with Gasteiger partial charge in [0.15, 0.2) is 5.69 Å². The van der Waals surface area contributed by atoms with Gasteiger partial charge in [0.05, 0.1) is 13.7 Å². The molecule has 1 aromatic heterocycles. The van der Waals surface area contributed by atoms with Crippen molar-refractivity contribution in [1.82, 2.24) is 9.78 Å². The number of hydrogen-bond acceptors (Lipinski definition) is 3. The van der Waals surface area contributed by atoms with Gasteiger partial charge < -0.3 is 9.84 Å². The van der Waals surface area contributed by atoms with Crippen LogP contribution in [0.1, 0.15) is 41.5 Å². The van der Waals surface area contributed by atoms with Gasteiger partial charge in [0.25, 0.3) is 0 Å². The largest absolute Gasteiger partial charge is 0.497 e. The summed E-state index contributed by atoms with van der Waals surface area (Å²) in [4.78, 5) is 11.0. The zero-order valence-corrected chi connectivity index (χ0v) is 11.8. The fourth-order valence-corrected chi connectivity index (χ4v) is 2.03. The molecule has 20 heavy (non-hydrogen) atoms. The lowest BCUT2D eigenvalue weighted by atomic mass is 10.1. The molecule has 0 bridgehead atoms. The van der Waals surface area contributed by atoms with Gasteiger partial charge in [0, 0.05) is 5.69 Å². The van der Waals surface area contributed by atoms with Gasteiger partial charge in [0.1, 0.15) is 5.75 Å². The Hall–Kier alpha value is -2.30. The summed E-state index contributed by atoms with van der Waals surface area (Å²) in [5.74, 6) is 0.0127. The Balaban J connectivity index is 2.29. The molecule has 0 radical (unpaired) electrons. The van der Waals surface area contributed by atoms with Crippen molar-refractivity contribution in [3.8, 4) is 5.75 Å². The van der Waals surface area contributed by atoms with Gasteiger partial charge in [-0.1, -0.05) is 26.0 Å². The van der Waals surface area contributed by atoms with Gasteiger partial charge in [-0.05, 0) is 29.7 Å². The molecule has 106 valence electrons. The maximum Gasteiger partial charge on any atom is 0.356 e. The van der Waals surface area contributed by atoms with Gasteiger partial charge >= 0.3 is 5.97 Å². The molecular weight excluding hydrogens is 256 g/mol. The summed E-state index contributed by atoms with van der Waals surface area (Å²) in [5.41, 5.74) is 2.05. The molecule has 0 saturated carbocycles. The predicted molar refractivity (Wildman–Crippen MR) is 75.4 cm³/mol. The maximum atomic E-state index is 11.0. The van der Waals surface area contributed by atoms with Crippen LogP contribution in [0.2, 0.25) is 0 Å². The van der Waals surface area contributed by atoms with E-state index in [1.165, 1.54) is 0 Å². The second-order valence-corrected chi connectivity index (χ2v) is 4.92. The van der Waals surface area contributed by atoms with Gasteiger partial charge in [0.2, 0.25) is 0 Å². The molecule has 5 heteroatoms. The minimum Gasteiger partial charge on any atom is -0.497 e. The van der Waals surface area contributed by atoms with Crippen molar-refractivity contribution in [1.29, 1.82) is 0 Å². The van der Waals surface area contributed by atoms with Crippen molar-refractivity contribution in [2.45, 2.75) is 26.3 Å². The molecule has 0 fully saturated rings. The average molecular weight is 274 g/mol. The summed E-state index contributed by atoms with van der Waals surface area (Å²) in [6.45, 7) is 4.59. The Kier molecular flexibility index (Phi) is 4.08. The van der Waals surface area contributed by atoms with Crippen LogP contribution in [0.3, 0.4) is 0 Å². The lowest BCUT2D eigenvalue weighted by Crippen LogP contribution is -2.08. The van der Waals surface area contributed by atoms with E-state index in [9.17, 15) is 4.79 Å². The molecule has 1 N–H and O–H groups in total. The Labute approximate surface area is 117 Å². The van der Waals surface area contributed by atoms with Gasteiger partial charge in [-0.25, -0.2) is 4.79 Å². The third-order valence-electron chi connectivity index (χ3n) is 3.11. The topological polar surface area (TPSA) is 64.4 Å². The third-order valence-corrected chi connectivity index (χ3v) is 3.11. The predicted octanol–water partition coefficient (Wildman–Crippen LogP) is 2.76. The van der Waals surface area contributed by atoms with Crippen molar-refractivity contribution < 1.29 is 14.6 Å². The van der Waals surface area contributed by atoms with E-state index < -0.39 is 5.97 Å². The lowest BCUT2D eigenvalue weighted by molar-refractivity contribution is 0.0689. The first-order valence-electron chi connectivity index (χ1n) is 6.45. The highest BCUT2D eigenvalue weighted by atomic mass is 16.5. The monoisotopic (exact) mass is 274 g/mol. The number of rotatable bonds is 5. The van der Waals surface area contributed by atoms with Gasteiger partial charge in [-0.2, -0.15) is 5.10 Å². The van der Waals surface area contributed by atoms with Crippen LogP contribution in [0, 0.1) is 0 Å². The van der Waals surface area contributed by atoms with Crippen LogP contribution in [0.15, 0.2) is 30.3 Å². The number of carboxylic acid groups (broad SMARTS) is 1. The second kappa shape index (κ2) is 5.77. The first-order chi connectivity index (χ1) is 9.51. The molecular formula is C15H18N2O3. The molecule has 0 aliphatic rings. The molecule has 1 aromatic carbocycles. The van der Waals surface area contributed by atoms with Crippen LogP contribution in [0.25, 0.3) is 0 Å². The van der Waals surface area contributed by atoms with Crippen LogP contribution >= 0.6 is 0 Å². The highest BCUT2D eigenvalue weighted by Gasteiger charge is 2.15. The van der Waals surface area contributed by atoms with Crippen molar-refractivity contribution in [2.75, 3.05) is 7.11 Å². The number of nitrogens with zero attached hydrogens (tertiary/aromatic N) is 2. The highest BCUT2D eigenvalue weighted by molar-refractivity contribution is 5.85. The molecule has 0 aliphatic heterocycles. The fraction of sp³-hybridized carbons (Fsp3) is 0.333. The minimum absolute atomic E-state index is 0.0854. The van der Waals surface area contributed by atoms with E-state index in [0.29, 0.717) is 6.54 Å². The molecule has 0 spiro atoms. The molecule has 5 nitrogen and oxygen atoms in total. The molecule has 2 aromatic rings. The zero-order valence-electron chi connectivity index (χ0n) is 11.8. The van der Waals surface area contributed by atoms with E-state index in [4.69, 9.17) is 9.84 Å². The quantitative estimate of drug-likeness (QED) is 0.910. The Morgan fingerprint density at radius 1 is 1.35 bits per heavy atom. The number of aromatic carboxylic acids is 1. The first kappa shape index (κ1) is 14.1. The van der Waals surface area contributed by atoms with E-state index in [1.54, 1.807) is 17.9 Å². The molecule has 0 unspecified atom stereocenters. The highest BCUT2D eigenvalue weighted by Crippen LogP contribution is 2.18. The molecule has 0 amide bonds. The number of carbonyl (C=O) groups is 1. The van der Waals surface area contributed by atoms with Crippen molar-refractivity contribution >= 4 is 5.97 Å².